The van der Waals surface area contributed by atoms with Crippen molar-refractivity contribution in [2.75, 3.05) is 13.7 Å². The SMILES string of the molecule is [CH2-]C(COC)c1cc(CC)ccc1C.[CH3-].[Mg+2]. The molecule has 1 atom stereocenters. The summed E-state index contributed by atoms with van der Waals surface area (Å²) in [6, 6.07) is 6.59. The van der Waals surface area contributed by atoms with Crippen LogP contribution in [0.3, 0.4) is 0 Å². The molecule has 16 heavy (non-hydrogen) atoms. The zero-order chi connectivity index (χ0) is 10.6. The van der Waals surface area contributed by atoms with E-state index in [0.717, 1.165) is 6.42 Å². The molecule has 0 aliphatic carbocycles. The van der Waals surface area contributed by atoms with Gasteiger partial charge in [0.1, 0.15) is 0 Å². The van der Waals surface area contributed by atoms with Gasteiger partial charge in [-0.15, -0.1) is 5.92 Å². The van der Waals surface area contributed by atoms with E-state index in [9.17, 15) is 0 Å². The Morgan fingerprint density at radius 1 is 1.38 bits per heavy atom. The van der Waals surface area contributed by atoms with Gasteiger partial charge in [-0.1, -0.05) is 36.2 Å². The molecule has 0 aromatic heterocycles. The molecule has 0 radical (unpaired) electrons. The summed E-state index contributed by atoms with van der Waals surface area (Å²) in [4.78, 5) is 0. The molecular formula is C14H22MgO. The molecule has 0 aliphatic heterocycles. The van der Waals surface area contributed by atoms with E-state index in [1.807, 2.05) is 0 Å². The van der Waals surface area contributed by atoms with Crippen molar-refractivity contribution in [1.29, 1.82) is 0 Å². The van der Waals surface area contributed by atoms with Crippen LogP contribution in [0.1, 0.15) is 29.5 Å². The number of ether oxygens (including phenoxy) is 1. The van der Waals surface area contributed by atoms with Crippen molar-refractivity contribution in [2.45, 2.75) is 26.2 Å². The largest absolute Gasteiger partial charge is 2.00 e. The van der Waals surface area contributed by atoms with Crippen molar-refractivity contribution in [3.05, 3.63) is 49.2 Å². The standard InChI is InChI=1S/C13H19O.CH3.Mg/c1-5-12-7-6-10(2)13(8-12)11(3)9-14-4;;/h6-8,11H,3,5,9H2,1-2,4H3;1H3;/q2*-1;+2. The van der Waals surface area contributed by atoms with Gasteiger partial charge in [-0.25, -0.2) is 0 Å². The Labute approximate surface area is 117 Å². The molecule has 86 valence electrons. The number of benzene rings is 1. The number of aryl methyl sites for hydroxylation is 2. The third kappa shape index (κ3) is 4.85. The summed E-state index contributed by atoms with van der Waals surface area (Å²) in [6.45, 7) is 9.09. The van der Waals surface area contributed by atoms with Crippen LogP contribution < -0.4 is 0 Å². The van der Waals surface area contributed by atoms with Gasteiger partial charge >= 0.3 is 23.1 Å². The second kappa shape index (κ2) is 9.03. The molecule has 1 unspecified atom stereocenters. The van der Waals surface area contributed by atoms with E-state index in [4.69, 9.17) is 4.74 Å². The van der Waals surface area contributed by atoms with Crippen molar-refractivity contribution >= 4 is 23.1 Å². The molecule has 1 rings (SSSR count). The zero-order valence-electron chi connectivity index (χ0n) is 11.0. The molecule has 1 aromatic rings. The van der Waals surface area contributed by atoms with E-state index in [-0.39, 0.29) is 36.4 Å². The number of methoxy groups -OCH3 is 1. The topological polar surface area (TPSA) is 9.23 Å². The monoisotopic (exact) mass is 230 g/mol. The van der Waals surface area contributed by atoms with Crippen LogP contribution in [0.15, 0.2) is 18.2 Å². The molecule has 0 saturated carbocycles. The third-order valence-electron chi connectivity index (χ3n) is 2.56. The summed E-state index contributed by atoms with van der Waals surface area (Å²) in [5.74, 6) is 0.242. The van der Waals surface area contributed by atoms with Crippen LogP contribution >= 0.6 is 0 Å². The van der Waals surface area contributed by atoms with E-state index in [2.05, 4.69) is 39.0 Å². The van der Waals surface area contributed by atoms with Crippen molar-refractivity contribution in [3.63, 3.8) is 0 Å². The van der Waals surface area contributed by atoms with E-state index in [0.29, 0.717) is 6.61 Å². The average Bonchev–Trinajstić information content (AvgIpc) is 2.19. The summed E-state index contributed by atoms with van der Waals surface area (Å²) in [5.41, 5.74) is 3.99. The van der Waals surface area contributed by atoms with Crippen LogP contribution in [0, 0.1) is 21.3 Å². The van der Waals surface area contributed by atoms with Gasteiger partial charge in [0.2, 0.25) is 0 Å². The maximum absolute atomic E-state index is 5.12. The Kier molecular flexibility index (Phi) is 10.3. The Balaban J connectivity index is 0. The normalized spacial score (nSPS) is 11.2. The van der Waals surface area contributed by atoms with Crippen LogP contribution in [-0.4, -0.2) is 36.8 Å². The molecule has 1 aromatic carbocycles. The van der Waals surface area contributed by atoms with Gasteiger partial charge in [0.25, 0.3) is 0 Å². The molecule has 0 aliphatic rings. The van der Waals surface area contributed by atoms with Gasteiger partial charge in [0, 0.05) is 13.7 Å². The molecule has 0 saturated heterocycles. The summed E-state index contributed by atoms with van der Waals surface area (Å²) in [5, 5.41) is 0. The number of hydrogen-bond donors (Lipinski definition) is 0. The number of hydrogen-bond acceptors (Lipinski definition) is 1. The molecule has 0 bridgehead atoms. The van der Waals surface area contributed by atoms with Crippen molar-refractivity contribution in [3.8, 4) is 0 Å². The molecule has 0 amide bonds. The predicted octanol–water partition coefficient (Wildman–Crippen LogP) is 3.19. The molecule has 0 heterocycles. The Morgan fingerprint density at radius 3 is 2.50 bits per heavy atom. The van der Waals surface area contributed by atoms with Crippen LogP contribution in [0.25, 0.3) is 0 Å². The summed E-state index contributed by atoms with van der Waals surface area (Å²) in [7, 11) is 1.72. The van der Waals surface area contributed by atoms with Crippen molar-refractivity contribution in [2.24, 2.45) is 0 Å². The first-order valence-electron chi connectivity index (χ1n) is 5.10. The average molecular weight is 231 g/mol. The molecule has 0 spiro atoms. The maximum Gasteiger partial charge on any atom is 2.00 e. The fourth-order valence-corrected chi connectivity index (χ4v) is 1.64. The smallest absolute Gasteiger partial charge is 0.387 e. The minimum Gasteiger partial charge on any atom is -0.387 e. The maximum atomic E-state index is 5.12. The quantitative estimate of drug-likeness (QED) is 0.570. The minimum absolute atomic E-state index is 0. The minimum atomic E-state index is 0. The van der Waals surface area contributed by atoms with Crippen LogP contribution in [0.4, 0.5) is 0 Å². The predicted molar refractivity (Wildman–Crippen MR) is 72.7 cm³/mol. The fourth-order valence-electron chi connectivity index (χ4n) is 1.64. The summed E-state index contributed by atoms with van der Waals surface area (Å²) in [6.07, 6.45) is 1.08. The Morgan fingerprint density at radius 2 is 2.00 bits per heavy atom. The van der Waals surface area contributed by atoms with Crippen LogP contribution in [-0.2, 0) is 11.2 Å². The first kappa shape index (κ1) is 18.3. The second-order valence-corrected chi connectivity index (χ2v) is 3.70. The summed E-state index contributed by atoms with van der Waals surface area (Å²) >= 11 is 0. The van der Waals surface area contributed by atoms with Crippen LogP contribution in [0.2, 0.25) is 0 Å². The molecule has 0 N–H and O–H groups in total. The molecule has 2 heteroatoms. The van der Waals surface area contributed by atoms with Crippen molar-refractivity contribution in [1.82, 2.24) is 0 Å². The number of rotatable bonds is 4. The van der Waals surface area contributed by atoms with E-state index >= 15 is 0 Å². The second-order valence-electron chi connectivity index (χ2n) is 3.70. The Hall–Kier alpha value is -0.0538. The van der Waals surface area contributed by atoms with E-state index < -0.39 is 0 Å². The first-order chi connectivity index (χ1) is 6.69. The molecule has 0 fully saturated rings. The van der Waals surface area contributed by atoms with Crippen molar-refractivity contribution < 1.29 is 4.74 Å². The van der Waals surface area contributed by atoms with E-state index in [1.54, 1.807) is 7.11 Å². The van der Waals surface area contributed by atoms with Gasteiger partial charge < -0.3 is 19.1 Å². The van der Waals surface area contributed by atoms with Gasteiger partial charge in [-0.05, 0) is 18.9 Å². The van der Waals surface area contributed by atoms with Crippen LogP contribution in [0.5, 0.6) is 0 Å². The molecular weight excluding hydrogens is 208 g/mol. The van der Waals surface area contributed by atoms with Gasteiger partial charge in [0.15, 0.2) is 0 Å². The molecule has 1 nitrogen and oxygen atoms in total. The van der Waals surface area contributed by atoms with Gasteiger partial charge in [-0.3, -0.25) is 0 Å². The third-order valence-corrected chi connectivity index (χ3v) is 2.56. The first-order valence-corrected chi connectivity index (χ1v) is 5.10. The Bertz CT molecular complexity index is 297. The zero-order valence-corrected chi connectivity index (χ0v) is 12.5. The summed E-state index contributed by atoms with van der Waals surface area (Å²) < 4.78 is 5.12. The fraction of sp³-hybridized carbons (Fsp3) is 0.429. The van der Waals surface area contributed by atoms with Gasteiger partial charge in [0.05, 0.1) is 0 Å². The van der Waals surface area contributed by atoms with E-state index in [1.165, 1.54) is 16.7 Å². The van der Waals surface area contributed by atoms with Gasteiger partial charge in [-0.2, -0.15) is 0 Å².